The Labute approximate surface area is 179 Å². The Balaban J connectivity index is 1.44. The van der Waals surface area contributed by atoms with Gasteiger partial charge in [0.25, 0.3) is 0 Å². The molecule has 162 valence electrons. The van der Waals surface area contributed by atoms with Gasteiger partial charge in [-0.05, 0) is 43.0 Å². The Morgan fingerprint density at radius 2 is 1.90 bits per heavy atom. The summed E-state index contributed by atoms with van der Waals surface area (Å²) in [5.41, 5.74) is 2.14. The summed E-state index contributed by atoms with van der Waals surface area (Å²) in [5.74, 6) is 1.61. The largest absolute Gasteiger partial charge is 0.493 e. The van der Waals surface area contributed by atoms with Gasteiger partial charge in [0, 0.05) is 57.5 Å². The number of ether oxygens (including phenoxy) is 2. The predicted molar refractivity (Wildman–Crippen MR) is 118 cm³/mol. The number of methoxy groups -OCH3 is 2. The number of para-hydroxylation sites is 1. The van der Waals surface area contributed by atoms with E-state index in [1.165, 1.54) is 0 Å². The Morgan fingerprint density at radius 3 is 2.57 bits per heavy atom. The number of nitrogens with zero attached hydrogens (tertiary/aromatic N) is 3. The van der Waals surface area contributed by atoms with Gasteiger partial charge in [-0.15, -0.1) is 0 Å². The van der Waals surface area contributed by atoms with Crippen LogP contribution in [0.1, 0.15) is 30.5 Å². The summed E-state index contributed by atoms with van der Waals surface area (Å²) < 4.78 is 10.8. The molecule has 0 saturated carbocycles. The van der Waals surface area contributed by atoms with E-state index < -0.39 is 0 Å². The number of carbonyl (C=O) groups is 1. The van der Waals surface area contributed by atoms with E-state index in [0.717, 1.165) is 55.9 Å². The zero-order valence-electron chi connectivity index (χ0n) is 18.3. The van der Waals surface area contributed by atoms with Crippen molar-refractivity contribution in [2.45, 2.75) is 38.1 Å². The molecule has 0 radical (unpaired) electrons. The highest BCUT2D eigenvalue weighted by Crippen LogP contribution is 2.31. The van der Waals surface area contributed by atoms with Crippen LogP contribution in [-0.2, 0) is 17.6 Å². The molecule has 0 aliphatic carbocycles. The van der Waals surface area contributed by atoms with E-state index in [4.69, 9.17) is 9.47 Å². The molecule has 0 atom stereocenters. The lowest BCUT2D eigenvalue weighted by Crippen LogP contribution is -2.46. The first-order valence-corrected chi connectivity index (χ1v) is 10.7. The molecule has 2 heterocycles. The van der Waals surface area contributed by atoms with Crippen LogP contribution in [0.4, 0.5) is 0 Å². The summed E-state index contributed by atoms with van der Waals surface area (Å²) in [6, 6.07) is 12.2. The first kappa shape index (κ1) is 22.1. The highest BCUT2D eigenvalue weighted by atomic mass is 16.5. The van der Waals surface area contributed by atoms with E-state index in [9.17, 15) is 4.79 Å². The van der Waals surface area contributed by atoms with Gasteiger partial charge in [-0.25, -0.2) is 0 Å². The average Bonchev–Trinajstić information content (AvgIpc) is 2.81. The summed E-state index contributed by atoms with van der Waals surface area (Å²) in [6.07, 6.45) is 5.98. The Hall–Kier alpha value is -2.60. The van der Waals surface area contributed by atoms with E-state index >= 15 is 0 Å². The number of benzene rings is 1. The maximum absolute atomic E-state index is 12.8. The fourth-order valence-electron chi connectivity index (χ4n) is 4.12. The molecular formula is C24H33N3O3. The van der Waals surface area contributed by atoms with E-state index in [1.807, 2.05) is 48.5 Å². The fraction of sp³-hybridized carbons (Fsp3) is 0.500. The standard InChI is InChI=1S/C24H33N3O3/c1-26(23(28)11-10-19-7-6-9-22(29-2)24(19)30-3)21-13-17-27(18-14-21)16-12-20-8-4-5-15-25-20/h4-9,15,21H,10-14,16-18H2,1-3H3. The van der Waals surface area contributed by atoms with Crippen LogP contribution in [0.25, 0.3) is 0 Å². The molecule has 3 rings (SSSR count). The van der Waals surface area contributed by atoms with Gasteiger partial charge in [-0.1, -0.05) is 18.2 Å². The molecule has 1 aromatic carbocycles. The number of rotatable bonds is 9. The number of hydrogen-bond donors (Lipinski definition) is 0. The van der Waals surface area contributed by atoms with Crippen molar-refractivity contribution in [2.75, 3.05) is 40.9 Å². The third-order valence-corrected chi connectivity index (χ3v) is 6.00. The molecule has 6 nitrogen and oxygen atoms in total. The summed E-state index contributed by atoms with van der Waals surface area (Å²) in [4.78, 5) is 21.6. The molecule has 0 spiro atoms. The highest BCUT2D eigenvalue weighted by molar-refractivity contribution is 5.76. The van der Waals surface area contributed by atoms with E-state index in [-0.39, 0.29) is 5.91 Å². The van der Waals surface area contributed by atoms with Crippen LogP contribution >= 0.6 is 0 Å². The lowest BCUT2D eigenvalue weighted by Gasteiger charge is -2.36. The fourth-order valence-corrected chi connectivity index (χ4v) is 4.12. The number of aromatic nitrogens is 1. The second-order valence-electron chi connectivity index (χ2n) is 7.80. The topological polar surface area (TPSA) is 54.9 Å². The average molecular weight is 412 g/mol. The molecule has 6 heteroatoms. The molecule has 30 heavy (non-hydrogen) atoms. The van der Waals surface area contributed by atoms with Crippen LogP contribution in [-0.4, -0.2) is 67.6 Å². The van der Waals surface area contributed by atoms with Crippen LogP contribution in [0.5, 0.6) is 11.5 Å². The zero-order chi connectivity index (χ0) is 21.3. The van der Waals surface area contributed by atoms with Gasteiger partial charge < -0.3 is 19.3 Å². The maximum Gasteiger partial charge on any atom is 0.222 e. The van der Waals surface area contributed by atoms with Crippen LogP contribution in [0, 0.1) is 0 Å². The van der Waals surface area contributed by atoms with E-state index in [1.54, 1.807) is 14.2 Å². The van der Waals surface area contributed by atoms with Crippen molar-refractivity contribution in [1.29, 1.82) is 0 Å². The summed E-state index contributed by atoms with van der Waals surface area (Å²) in [5, 5.41) is 0. The normalized spacial score (nSPS) is 15.0. The van der Waals surface area contributed by atoms with Crippen LogP contribution in [0.15, 0.2) is 42.6 Å². The number of likely N-dealkylation sites (tertiary alicyclic amines) is 1. The van der Waals surface area contributed by atoms with Gasteiger partial charge in [0.1, 0.15) is 0 Å². The molecule has 1 aliphatic rings. The second kappa shape index (κ2) is 11.0. The van der Waals surface area contributed by atoms with Gasteiger partial charge in [-0.3, -0.25) is 9.78 Å². The summed E-state index contributed by atoms with van der Waals surface area (Å²) >= 11 is 0. The first-order valence-electron chi connectivity index (χ1n) is 10.7. The number of pyridine rings is 1. The molecule has 1 amide bonds. The van der Waals surface area contributed by atoms with E-state index in [0.29, 0.717) is 24.6 Å². The second-order valence-corrected chi connectivity index (χ2v) is 7.80. The van der Waals surface area contributed by atoms with Gasteiger partial charge in [0.05, 0.1) is 14.2 Å². The van der Waals surface area contributed by atoms with Crippen molar-refractivity contribution in [1.82, 2.24) is 14.8 Å². The third kappa shape index (κ3) is 5.72. The van der Waals surface area contributed by atoms with Crippen molar-refractivity contribution in [3.8, 4) is 11.5 Å². The monoisotopic (exact) mass is 411 g/mol. The molecule has 0 N–H and O–H groups in total. The van der Waals surface area contributed by atoms with Crippen molar-refractivity contribution in [3.05, 3.63) is 53.9 Å². The first-order chi connectivity index (χ1) is 14.6. The van der Waals surface area contributed by atoms with Crippen molar-refractivity contribution >= 4 is 5.91 Å². The lowest BCUT2D eigenvalue weighted by atomic mass is 10.0. The highest BCUT2D eigenvalue weighted by Gasteiger charge is 2.25. The van der Waals surface area contributed by atoms with Gasteiger partial charge in [0.2, 0.25) is 5.91 Å². The van der Waals surface area contributed by atoms with Gasteiger partial charge in [0.15, 0.2) is 11.5 Å². The van der Waals surface area contributed by atoms with Crippen LogP contribution in [0.2, 0.25) is 0 Å². The smallest absolute Gasteiger partial charge is 0.222 e. The maximum atomic E-state index is 12.8. The van der Waals surface area contributed by atoms with Crippen LogP contribution < -0.4 is 9.47 Å². The molecule has 1 fully saturated rings. The SMILES string of the molecule is COc1cccc(CCC(=O)N(C)C2CCN(CCc3ccccn3)CC2)c1OC. The molecule has 1 aromatic heterocycles. The molecule has 0 unspecified atom stereocenters. The number of hydrogen-bond acceptors (Lipinski definition) is 5. The Bertz CT molecular complexity index is 805. The minimum absolute atomic E-state index is 0.187. The summed E-state index contributed by atoms with van der Waals surface area (Å²) in [7, 11) is 5.21. The van der Waals surface area contributed by atoms with E-state index in [2.05, 4.69) is 16.0 Å². The Morgan fingerprint density at radius 1 is 1.10 bits per heavy atom. The lowest BCUT2D eigenvalue weighted by molar-refractivity contribution is -0.132. The number of piperidine rings is 1. The Kier molecular flexibility index (Phi) is 8.08. The molecule has 1 aliphatic heterocycles. The van der Waals surface area contributed by atoms with Crippen molar-refractivity contribution in [2.24, 2.45) is 0 Å². The molecule has 1 saturated heterocycles. The number of amides is 1. The minimum Gasteiger partial charge on any atom is -0.493 e. The molecular weight excluding hydrogens is 378 g/mol. The quantitative estimate of drug-likeness (QED) is 0.634. The summed E-state index contributed by atoms with van der Waals surface area (Å²) in [6.45, 7) is 3.08. The number of carbonyl (C=O) groups excluding carboxylic acids is 1. The molecule has 0 bridgehead atoms. The zero-order valence-corrected chi connectivity index (χ0v) is 18.3. The minimum atomic E-state index is 0.187. The predicted octanol–water partition coefficient (Wildman–Crippen LogP) is 3.20. The van der Waals surface area contributed by atoms with Crippen molar-refractivity contribution in [3.63, 3.8) is 0 Å². The number of aryl methyl sites for hydroxylation is 1. The van der Waals surface area contributed by atoms with Crippen LogP contribution in [0.3, 0.4) is 0 Å². The van der Waals surface area contributed by atoms with Gasteiger partial charge in [-0.2, -0.15) is 0 Å². The molecule has 2 aromatic rings. The van der Waals surface area contributed by atoms with Crippen molar-refractivity contribution < 1.29 is 14.3 Å². The third-order valence-electron chi connectivity index (χ3n) is 6.00. The van der Waals surface area contributed by atoms with Gasteiger partial charge >= 0.3 is 0 Å².